The third kappa shape index (κ3) is 4.80. The lowest BCUT2D eigenvalue weighted by molar-refractivity contribution is -0.0543. The van der Waals surface area contributed by atoms with Gasteiger partial charge >= 0.3 is 15.6 Å². The summed E-state index contributed by atoms with van der Waals surface area (Å²) in [5.74, 6) is 0.312. The topological polar surface area (TPSA) is 43.4 Å². The minimum Gasteiger partial charge on any atom is -0.263 e. The molecule has 0 heterocycles. The third-order valence-corrected chi connectivity index (χ3v) is 2.49. The Morgan fingerprint density at radius 1 is 1.29 bits per heavy atom. The van der Waals surface area contributed by atoms with E-state index in [2.05, 4.69) is 4.18 Å². The average molecular weight is 234 g/mol. The summed E-state index contributed by atoms with van der Waals surface area (Å²) in [5.41, 5.74) is -5.31. The highest BCUT2D eigenvalue weighted by atomic mass is 32.2. The molecule has 7 heteroatoms. The van der Waals surface area contributed by atoms with Gasteiger partial charge in [-0.25, -0.2) is 0 Å². The van der Waals surface area contributed by atoms with Gasteiger partial charge in [0.25, 0.3) is 0 Å². The van der Waals surface area contributed by atoms with E-state index < -0.39 is 22.2 Å². The first-order valence-corrected chi connectivity index (χ1v) is 5.53. The molecule has 0 saturated heterocycles. The van der Waals surface area contributed by atoms with Gasteiger partial charge in [-0.3, -0.25) is 4.18 Å². The summed E-state index contributed by atoms with van der Waals surface area (Å²) in [7, 11) is -5.40. The summed E-state index contributed by atoms with van der Waals surface area (Å²) < 4.78 is 59.6. The van der Waals surface area contributed by atoms with Gasteiger partial charge in [-0.1, -0.05) is 13.8 Å². The molecular weight excluding hydrogens is 221 g/mol. The Morgan fingerprint density at radius 3 is 2.14 bits per heavy atom. The molecule has 0 amide bonds. The predicted molar refractivity (Wildman–Crippen MR) is 45.0 cm³/mol. The maximum absolute atomic E-state index is 11.7. The quantitative estimate of drug-likeness (QED) is 0.416. The van der Waals surface area contributed by atoms with Crippen LogP contribution in [0.5, 0.6) is 0 Å². The van der Waals surface area contributed by atoms with Crippen LogP contribution in [-0.2, 0) is 14.3 Å². The molecule has 0 rings (SSSR count). The second-order valence-corrected chi connectivity index (χ2v) is 4.86. The maximum Gasteiger partial charge on any atom is 0.523 e. The van der Waals surface area contributed by atoms with Crippen LogP contribution in [0.15, 0.2) is 0 Å². The molecule has 0 bridgehead atoms. The van der Waals surface area contributed by atoms with Gasteiger partial charge in [0.05, 0.1) is 6.61 Å². The molecule has 0 aliphatic rings. The van der Waals surface area contributed by atoms with Gasteiger partial charge in [0.15, 0.2) is 0 Å². The van der Waals surface area contributed by atoms with Gasteiger partial charge < -0.3 is 0 Å². The molecule has 0 N–H and O–H groups in total. The molecule has 86 valence electrons. The van der Waals surface area contributed by atoms with Gasteiger partial charge in [-0.15, -0.1) is 0 Å². The van der Waals surface area contributed by atoms with Crippen molar-refractivity contribution in [2.75, 3.05) is 6.61 Å². The van der Waals surface area contributed by atoms with Gasteiger partial charge in [0.2, 0.25) is 0 Å². The second-order valence-electron chi connectivity index (χ2n) is 3.26. The maximum atomic E-state index is 11.7. The molecule has 0 aliphatic heterocycles. The fraction of sp³-hybridized carbons (Fsp3) is 1.00. The lowest BCUT2D eigenvalue weighted by atomic mass is 10.1. The van der Waals surface area contributed by atoms with Crippen molar-refractivity contribution in [2.45, 2.75) is 32.2 Å². The van der Waals surface area contributed by atoms with Crippen LogP contribution in [0.4, 0.5) is 13.2 Å². The van der Waals surface area contributed by atoms with Crippen molar-refractivity contribution in [1.29, 1.82) is 0 Å². The third-order valence-electron chi connectivity index (χ3n) is 1.45. The van der Waals surface area contributed by atoms with E-state index in [9.17, 15) is 21.6 Å². The summed E-state index contributed by atoms with van der Waals surface area (Å²) in [5, 5.41) is 0. The van der Waals surface area contributed by atoms with Gasteiger partial charge in [-0.05, 0) is 18.8 Å². The van der Waals surface area contributed by atoms with Crippen LogP contribution in [0.2, 0.25) is 0 Å². The van der Waals surface area contributed by atoms with Crippen LogP contribution in [0.25, 0.3) is 0 Å². The van der Waals surface area contributed by atoms with Crippen LogP contribution in [-0.4, -0.2) is 20.5 Å². The Bertz CT molecular complexity index is 256. The monoisotopic (exact) mass is 234 g/mol. The number of halogens is 3. The second kappa shape index (κ2) is 4.97. The van der Waals surface area contributed by atoms with E-state index in [1.807, 2.05) is 13.8 Å². The summed E-state index contributed by atoms with van der Waals surface area (Å²) in [6, 6.07) is 0. The molecule has 0 aromatic carbocycles. The summed E-state index contributed by atoms with van der Waals surface area (Å²) in [6.45, 7) is 3.36. The van der Waals surface area contributed by atoms with Crippen molar-refractivity contribution in [1.82, 2.24) is 0 Å². The molecule has 0 aromatic rings. The largest absolute Gasteiger partial charge is 0.523 e. The lowest BCUT2D eigenvalue weighted by Gasteiger charge is -2.08. The number of hydrogen-bond acceptors (Lipinski definition) is 3. The van der Waals surface area contributed by atoms with Crippen LogP contribution in [0, 0.1) is 5.92 Å². The Kier molecular flexibility index (Phi) is 4.87. The Morgan fingerprint density at radius 2 is 1.79 bits per heavy atom. The van der Waals surface area contributed by atoms with E-state index in [0.717, 1.165) is 0 Å². The van der Waals surface area contributed by atoms with E-state index in [-0.39, 0.29) is 0 Å². The molecule has 0 aliphatic carbocycles. The smallest absolute Gasteiger partial charge is 0.263 e. The first-order chi connectivity index (χ1) is 6.17. The van der Waals surface area contributed by atoms with Crippen LogP contribution < -0.4 is 0 Å². The van der Waals surface area contributed by atoms with E-state index in [0.29, 0.717) is 18.8 Å². The summed E-state index contributed by atoms with van der Waals surface area (Å²) >= 11 is 0. The molecule has 0 fully saturated rings. The fourth-order valence-electron chi connectivity index (χ4n) is 0.727. The van der Waals surface area contributed by atoms with E-state index >= 15 is 0 Å². The highest BCUT2D eigenvalue weighted by Gasteiger charge is 2.47. The van der Waals surface area contributed by atoms with Crippen LogP contribution in [0.1, 0.15) is 26.7 Å². The average Bonchev–Trinajstić information content (AvgIpc) is 1.95. The molecule has 0 spiro atoms. The minimum absolute atomic E-state index is 0.299. The Labute approximate surface area is 81.4 Å². The zero-order valence-corrected chi connectivity index (χ0v) is 8.78. The highest BCUT2D eigenvalue weighted by molar-refractivity contribution is 7.87. The van der Waals surface area contributed by atoms with Gasteiger partial charge in [0.1, 0.15) is 0 Å². The fourth-order valence-corrected chi connectivity index (χ4v) is 1.20. The molecule has 0 radical (unpaired) electrons. The molecule has 3 nitrogen and oxygen atoms in total. The number of hydrogen-bond donors (Lipinski definition) is 0. The molecule has 14 heavy (non-hydrogen) atoms. The molecule has 0 saturated carbocycles. The standard InChI is InChI=1S/C7H13F3O3S/c1-6(2)4-3-5-13-14(11,12)7(8,9)10/h6H,3-5H2,1-2H3. The molecule has 0 aromatic heterocycles. The van der Waals surface area contributed by atoms with E-state index in [1.165, 1.54) is 0 Å². The van der Waals surface area contributed by atoms with Gasteiger partial charge in [0, 0.05) is 0 Å². The SMILES string of the molecule is CC(C)CCCOS(=O)(=O)C(F)(F)F. The van der Waals surface area contributed by atoms with Crippen molar-refractivity contribution in [3.8, 4) is 0 Å². The van der Waals surface area contributed by atoms with E-state index in [4.69, 9.17) is 0 Å². The Hall–Kier alpha value is -0.300. The normalized spacial score (nSPS) is 13.6. The summed E-state index contributed by atoms with van der Waals surface area (Å²) in [4.78, 5) is 0. The highest BCUT2D eigenvalue weighted by Crippen LogP contribution is 2.24. The van der Waals surface area contributed by atoms with Crippen LogP contribution in [0.3, 0.4) is 0 Å². The first kappa shape index (κ1) is 13.7. The molecule has 0 unspecified atom stereocenters. The minimum atomic E-state index is -5.40. The van der Waals surface area contributed by atoms with E-state index in [1.54, 1.807) is 0 Å². The zero-order chi connectivity index (χ0) is 11.4. The van der Waals surface area contributed by atoms with Crippen molar-refractivity contribution >= 4 is 10.1 Å². The van der Waals surface area contributed by atoms with Crippen molar-refractivity contribution in [3.05, 3.63) is 0 Å². The first-order valence-electron chi connectivity index (χ1n) is 4.12. The predicted octanol–water partition coefficient (Wildman–Crippen LogP) is 2.29. The molecular formula is C7H13F3O3S. The van der Waals surface area contributed by atoms with Crippen molar-refractivity contribution in [2.24, 2.45) is 5.92 Å². The number of rotatable bonds is 5. The van der Waals surface area contributed by atoms with Crippen LogP contribution >= 0.6 is 0 Å². The van der Waals surface area contributed by atoms with Gasteiger partial charge in [-0.2, -0.15) is 21.6 Å². The molecule has 0 atom stereocenters. The lowest BCUT2D eigenvalue weighted by Crippen LogP contribution is -2.25. The summed E-state index contributed by atoms with van der Waals surface area (Å²) in [6.07, 6.45) is 0.931. The number of alkyl halides is 3. The van der Waals surface area contributed by atoms with Crippen molar-refractivity contribution in [3.63, 3.8) is 0 Å². The zero-order valence-electron chi connectivity index (χ0n) is 7.97. The van der Waals surface area contributed by atoms with Crippen molar-refractivity contribution < 1.29 is 25.8 Å². The Balaban J connectivity index is 3.91.